The van der Waals surface area contributed by atoms with Gasteiger partial charge in [-0.1, -0.05) is 180 Å². The molecular weight excluding hydrogens is 651 g/mol. The average molecular weight is 731 g/mol. The zero-order valence-corrected chi connectivity index (χ0v) is 33.5. The first kappa shape index (κ1) is 48.8. The summed E-state index contributed by atoms with van der Waals surface area (Å²) in [6.07, 6.45) is 40.7. The highest BCUT2D eigenvalue weighted by Gasteiger charge is 2.22. The normalized spacial score (nSPS) is 12.5. The topological polar surface area (TPSA) is 119 Å². The van der Waals surface area contributed by atoms with Crippen molar-refractivity contribution in [3.8, 4) is 0 Å². The molecule has 0 aliphatic carbocycles. The first-order chi connectivity index (χ1) is 24.3. The molecule has 2 N–H and O–H groups in total. The quantitative estimate of drug-likeness (QED) is 0.0278. The molecule has 50 heavy (non-hydrogen) atoms. The van der Waals surface area contributed by atoms with Gasteiger partial charge in [0.25, 0.3) is 0 Å². The van der Waals surface area contributed by atoms with E-state index in [-0.39, 0.29) is 19.4 Å². The molecule has 0 unspecified atom stereocenters. The molecule has 0 aromatic rings. The van der Waals surface area contributed by atoms with Crippen molar-refractivity contribution in [3.63, 3.8) is 0 Å². The van der Waals surface area contributed by atoms with E-state index in [0.29, 0.717) is 6.42 Å². The predicted octanol–water partition coefficient (Wildman–Crippen LogP) is 12.6. The maximum absolute atomic E-state index is 12.4. The van der Waals surface area contributed by atoms with Crippen LogP contribution in [0.4, 0.5) is 0 Å². The van der Waals surface area contributed by atoms with E-state index in [0.717, 1.165) is 51.4 Å². The van der Waals surface area contributed by atoms with Gasteiger partial charge in [0.05, 0.1) is 6.61 Å². The minimum atomic E-state index is -4.75. The highest BCUT2D eigenvalue weighted by molar-refractivity contribution is 7.46. The smallest absolute Gasteiger partial charge is 0.462 e. The maximum Gasteiger partial charge on any atom is 0.469 e. The summed E-state index contributed by atoms with van der Waals surface area (Å²) in [6.45, 7) is 3.70. The molecule has 0 aliphatic heterocycles. The van der Waals surface area contributed by atoms with E-state index in [2.05, 4.69) is 30.5 Å². The number of rotatable bonds is 39. The Morgan fingerprint density at radius 2 is 0.840 bits per heavy atom. The number of allylic oxidation sites excluding steroid dienone is 2. The second-order valence-electron chi connectivity index (χ2n) is 14.3. The predicted molar refractivity (Wildman–Crippen MR) is 207 cm³/mol. The fourth-order valence-electron chi connectivity index (χ4n) is 6.13. The number of carbonyl (C=O) groups excluding carboxylic acids is 2. The third-order valence-corrected chi connectivity index (χ3v) is 9.77. The number of carbonyl (C=O) groups is 2. The molecule has 0 spiro atoms. The molecule has 0 amide bonds. The lowest BCUT2D eigenvalue weighted by molar-refractivity contribution is -0.161. The summed E-state index contributed by atoms with van der Waals surface area (Å²) in [7, 11) is -4.75. The summed E-state index contributed by atoms with van der Waals surface area (Å²) >= 11 is 0. The number of hydrogen-bond donors (Lipinski definition) is 2. The number of unbranched alkanes of at least 4 members (excludes halogenated alkanes) is 27. The third kappa shape index (κ3) is 39.6. The lowest BCUT2D eigenvalue weighted by Crippen LogP contribution is -2.29. The van der Waals surface area contributed by atoms with Crippen LogP contribution in [0.25, 0.3) is 0 Å². The van der Waals surface area contributed by atoms with Gasteiger partial charge >= 0.3 is 19.8 Å². The second kappa shape index (κ2) is 37.5. The van der Waals surface area contributed by atoms with Crippen LogP contribution in [0.1, 0.15) is 219 Å². The Hall–Kier alpha value is -1.21. The van der Waals surface area contributed by atoms with E-state index in [1.807, 2.05) is 0 Å². The van der Waals surface area contributed by atoms with Crippen molar-refractivity contribution < 1.29 is 37.9 Å². The molecule has 296 valence electrons. The molecule has 0 heterocycles. The molecule has 0 radical (unpaired) electrons. The first-order valence-electron chi connectivity index (χ1n) is 21.0. The van der Waals surface area contributed by atoms with Crippen molar-refractivity contribution in [1.82, 2.24) is 0 Å². The molecule has 9 heteroatoms. The van der Waals surface area contributed by atoms with E-state index >= 15 is 0 Å². The lowest BCUT2D eigenvalue weighted by Gasteiger charge is -2.18. The van der Waals surface area contributed by atoms with Crippen LogP contribution in [0.3, 0.4) is 0 Å². The van der Waals surface area contributed by atoms with Crippen molar-refractivity contribution in [2.24, 2.45) is 0 Å². The monoisotopic (exact) mass is 731 g/mol. The zero-order valence-electron chi connectivity index (χ0n) is 32.6. The minimum absolute atomic E-state index is 0.217. The van der Waals surface area contributed by atoms with E-state index in [1.165, 1.54) is 135 Å². The standard InChI is InChI=1S/C41H79O8P/c1-3-5-7-9-11-13-15-17-19-20-22-23-25-27-29-31-33-35-40(42)47-37-39(38-48-50(44,45)46)49-41(43)36-34-32-30-28-26-24-21-18-16-14-12-10-8-6-4-2/h17,19,39H,3-16,18,20-38H2,1-2H3,(H2,44,45,46)/b19-17+/t39-/m1/s1. The molecule has 0 aromatic carbocycles. The zero-order chi connectivity index (χ0) is 36.8. The van der Waals surface area contributed by atoms with Crippen LogP contribution in [-0.4, -0.2) is 41.0 Å². The van der Waals surface area contributed by atoms with Crippen molar-refractivity contribution in [2.75, 3.05) is 13.2 Å². The third-order valence-electron chi connectivity index (χ3n) is 9.28. The number of ether oxygens (including phenoxy) is 2. The Morgan fingerprint density at radius 3 is 1.22 bits per heavy atom. The van der Waals surface area contributed by atoms with Gasteiger partial charge in [-0.05, 0) is 38.5 Å². The Labute approximate surface area is 307 Å². The van der Waals surface area contributed by atoms with Crippen LogP contribution < -0.4 is 0 Å². The Kier molecular flexibility index (Phi) is 36.6. The summed E-state index contributed by atoms with van der Waals surface area (Å²) in [5.41, 5.74) is 0. The molecule has 0 bridgehead atoms. The van der Waals surface area contributed by atoms with Crippen molar-refractivity contribution >= 4 is 19.8 Å². The summed E-state index contributed by atoms with van der Waals surface area (Å²) in [5.74, 6) is -0.878. The van der Waals surface area contributed by atoms with Gasteiger partial charge in [0.1, 0.15) is 6.61 Å². The van der Waals surface area contributed by atoms with Gasteiger partial charge in [-0.3, -0.25) is 14.1 Å². The Bertz CT molecular complexity index is 827. The molecule has 8 nitrogen and oxygen atoms in total. The van der Waals surface area contributed by atoms with Crippen LogP contribution in [0.5, 0.6) is 0 Å². The number of phosphoric acid groups is 1. The van der Waals surface area contributed by atoms with Gasteiger partial charge in [0.2, 0.25) is 0 Å². The minimum Gasteiger partial charge on any atom is -0.462 e. The average Bonchev–Trinajstić information content (AvgIpc) is 3.08. The van der Waals surface area contributed by atoms with E-state index in [1.54, 1.807) is 0 Å². The highest BCUT2D eigenvalue weighted by Crippen LogP contribution is 2.36. The van der Waals surface area contributed by atoms with Crippen LogP contribution in [0.15, 0.2) is 12.2 Å². The number of hydrogen-bond acceptors (Lipinski definition) is 6. The molecule has 0 saturated carbocycles. The van der Waals surface area contributed by atoms with Crippen LogP contribution in [-0.2, 0) is 28.2 Å². The van der Waals surface area contributed by atoms with E-state index < -0.39 is 32.5 Å². The summed E-state index contributed by atoms with van der Waals surface area (Å²) in [6, 6.07) is 0. The Morgan fingerprint density at radius 1 is 0.500 bits per heavy atom. The molecule has 0 rings (SSSR count). The Balaban J connectivity index is 3.89. The van der Waals surface area contributed by atoms with Gasteiger partial charge in [-0.15, -0.1) is 0 Å². The van der Waals surface area contributed by atoms with Gasteiger partial charge < -0.3 is 19.3 Å². The first-order valence-corrected chi connectivity index (χ1v) is 22.5. The molecule has 0 aliphatic rings. The molecule has 0 aromatic heterocycles. The van der Waals surface area contributed by atoms with Gasteiger partial charge in [0.15, 0.2) is 6.10 Å². The summed E-state index contributed by atoms with van der Waals surface area (Å²) in [4.78, 5) is 42.8. The SMILES string of the molecule is CCCCCCCC/C=C/CCCCCCCCCC(=O)OC[C@H](COP(=O)(O)O)OC(=O)CCCCCCCCCCCCCCCCC. The maximum atomic E-state index is 12.4. The highest BCUT2D eigenvalue weighted by atomic mass is 31.2. The van der Waals surface area contributed by atoms with Gasteiger partial charge in [0, 0.05) is 12.8 Å². The fourth-order valence-corrected chi connectivity index (χ4v) is 6.49. The van der Waals surface area contributed by atoms with Crippen LogP contribution >= 0.6 is 7.82 Å². The number of phosphoric ester groups is 1. The summed E-state index contributed by atoms with van der Waals surface area (Å²) < 4.78 is 26.4. The molecule has 1 atom stereocenters. The summed E-state index contributed by atoms with van der Waals surface area (Å²) in [5, 5.41) is 0. The lowest BCUT2D eigenvalue weighted by atomic mass is 10.0. The van der Waals surface area contributed by atoms with Crippen molar-refractivity contribution in [2.45, 2.75) is 225 Å². The van der Waals surface area contributed by atoms with Crippen LogP contribution in [0, 0.1) is 0 Å². The van der Waals surface area contributed by atoms with Crippen LogP contribution in [0.2, 0.25) is 0 Å². The molecular formula is C41H79O8P. The fraction of sp³-hybridized carbons (Fsp3) is 0.902. The van der Waals surface area contributed by atoms with Gasteiger partial charge in [-0.2, -0.15) is 0 Å². The second-order valence-corrected chi connectivity index (χ2v) is 15.6. The van der Waals surface area contributed by atoms with E-state index in [4.69, 9.17) is 19.3 Å². The number of esters is 2. The molecule has 0 fully saturated rings. The van der Waals surface area contributed by atoms with E-state index in [9.17, 15) is 14.2 Å². The largest absolute Gasteiger partial charge is 0.469 e. The van der Waals surface area contributed by atoms with Crippen molar-refractivity contribution in [3.05, 3.63) is 12.2 Å². The van der Waals surface area contributed by atoms with Crippen molar-refractivity contribution in [1.29, 1.82) is 0 Å². The molecule has 0 saturated heterocycles. The van der Waals surface area contributed by atoms with Gasteiger partial charge in [-0.25, -0.2) is 4.57 Å².